The lowest BCUT2D eigenvalue weighted by Gasteiger charge is -2.07. The molecule has 1 heterocycles. The van der Waals surface area contributed by atoms with Gasteiger partial charge in [-0.05, 0) is 50.3 Å². The molecule has 0 saturated heterocycles. The van der Waals surface area contributed by atoms with E-state index in [-0.39, 0.29) is 0 Å². The maximum atomic E-state index is 6.20. The maximum absolute atomic E-state index is 6.20. The number of rotatable bonds is 6. The molecule has 0 saturated carbocycles. The molecule has 2 heteroatoms. The molecule has 110 valence electrons. The fraction of sp³-hybridized carbons (Fsp3) is 0.556. The van der Waals surface area contributed by atoms with Gasteiger partial charge in [-0.25, -0.2) is 0 Å². The van der Waals surface area contributed by atoms with Gasteiger partial charge in [0.05, 0.1) is 6.54 Å². The molecule has 0 aliphatic carbocycles. The van der Waals surface area contributed by atoms with E-state index in [2.05, 4.69) is 52.1 Å². The van der Waals surface area contributed by atoms with Crippen LogP contribution in [0.3, 0.4) is 0 Å². The molecule has 0 aliphatic rings. The van der Waals surface area contributed by atoms with Crippen molar-refractivity contribution in [2.45, 2.75) is 54.0 Å². The van der Waals surface area contributed by atoms with Gasteiger partial charge < -0.3 is 9.73 Å². The predicted octanol–water partition coefficient (Wildman–Crippen LogP) is 4.75. The Bertz CT molecular complexity index is 581. The number of furan rings is 1. The van der Waals surface area contributed by atoms with Gasteiger partial charge >= 0.3 is 0 Å². The second-order valence-corrected chi connectivity index (χ2v) is 6.16. The monoisotopic (exact) mass is 273 g/mol. The first kappa shape index (κ1) is 15.1. The molecule has 2 nitrogen and oxygen atoms in total. The van der Waals surface area contributed by atoms with Crippen LogP contribution in [-0.2, 0) is 13.0 Å². The van der Waals surface area contributed by atoms with E-state index in [9.17, 15) is 0 Å². The zero-order chi connectivity index (χ0) is 14.7. The average Bonchev–Trinajstić information content (AvgIpc) is 2.73. The van der Waals surface area contributed by atoms with Gasteiger partial charge in [0.2, 0.25) is 0 Å². The molecule has 1 N–H and O–H groups in total. The van der Waals surface area contributed by atoms with Crippen LogP contribution in [0.5, 0.6) is 0 Å². The van der Waals surface area contributed by atoms with Crippen molar-refractivity contribution >= 4 is 11.0 Å². The molecule has 0 fully saturated rings. The Labute approximate surface area is 122 Å². The van der Waals surface area contributed by atoms with Gasteiger partial charge in [-0.2, -0.15) is 0 Å². The van der Waals surface area contributed by atoms with Crippen molar-refractivity contribution in [3.63, 3.8) is 0 Å². The highest BCUT2D eigenvalue weighted by atomic mass is 16.3. The molecule has 0 aliphatic heterocycles. The zero-order valence-corrected chi connectivity index (χ0v) is 13.5. The van der Waals surface area contributed by atoms with Gasteiger partial charge in [-0.3, -0.25) is 0 Å². The normalized spacial score (nSPS) is 11.7. The molecule has 1 aromatic carbocycles. The van der Waals surface area contributed by atoms with Crippen LogP contribution in [0.15, 0.2) is 16.5 Å². The highest BCUT2D eigenvalue weighted by molar-refractivity contribution is 5.85. The SMILES string of the molecule is CCCNCc1oc2c(C)c(C)ccc2c1CC(C)C. The number of benzene rings is 1. The van der Waals surface area contributed by atoms with Gasteiger partial charge in [-0.1, -0.05) is 32.9 Å². The molecule has 20 heavy (non-hydrogen) atoms. The Morgan fingerprint density at radius 2 is 1.95 bits per heavy atom. The third kappa shape index (κ3) is 3.06. The van der Waals surface area contributed by atoms with E-state index in [1.54, 1.807) is 0 Å². The van der Waals surface area contributed by atoms with Gasteiger partial charge in [0.25, 0.3) is 0 Å². The third-order valence-electron chi connectivity index (χ3n) is 3.89. The fourth-order valence-corrected chi connectivity index (χ4v) is 2.65. The Hall–Kier alpha value is -1.28. The topological polar surface area (TPSA) is 25.2 Å². The summed E-state index contributed by atoms with van der Waals surface area (Å²) in [6.07, 6.45) is 2.23. The van der Waals surface area contributed by atoms with Gasteiger partial charge in [0.15, 0.2) is 0 Å². The summed E-state index contributed by atoms with van der Waals surface area (Å²) in [5.41, 5.74) is 5.04. The van der Waals surface area contributed by atoms with Crippen LogP contribution in [-0.4, -0.2) is 6.54 Å². The van der Waals surface area contributed by atoms with Crippen LogP contribution in [0.25, 0.3) is 11.0 Å². The van der Waals surface area contributed by atoms with Crippen molar-refractivity contribution in [3.05, 3.63) is 34.6 Å². The molecule has 0 unspecified atom stereocenters. The van der Waals surface area contributed by atoms with Crippen LogP contribution in [0.4, 0.5) is 0 Å². The van der Waals surface area contributed by atoms with Crippen molar-refractivity contribution in [2.24, 2.45) is 5.92 Å². The number of hydrogen-bond donors (Lipinski definition) is 1. The molecule has 0 bridgehead atoms. The minimum absolute atomic E-state index is 0.641. The lowest BCUT2D eigenvalue weighted by molar-refractivity contribution is 0.499. The summed E-state index contributed by atoms with van der Waals surface area (Å²) in [4.78, 5) is 0. The third-order valence-corrected chi connectivity index (χ3v) is 3.89. The second kappa shape index (κ2) is 6.45. The predicted molar refractivity (Wildman–Crippen MR) is 86.2 cm³/mol. The first-order valence-electron chi connectivity index (χ1n) is 7.75. The van der Waals surface area contributed by atoms with Crippen molar-refractivity contribution in [3.8, 4) is 0 Å². The molecule has 0 radical (unpaired) electrons. The summed E-state index contributed by atoms with van der Waals surface area (Å²) >= 11 is 0. The Kier molecular flexibility index (Phi) is 4.87. The molecule has 0 spiro atoms. The first-order valence-corrected chi connectivity index (χ1v) is 7.75. The number of fused-ring (bicyclic) bond motifs is 1. The molecule has 0 atom stereocenters. The summed E-state index contributed by atoms with van der Waals surface area (Å²) in [7, 11) is 0. The zero-order valence-electron chi connectivity index (χ0n) is 13.5. The molecule has 2 rings (SSSR count). The highest BCUT2D eigenvalue weighted by Crippen LogP contribution is 2.31. The maximum Gasteiger partial charge on any atom is 0.137 e. The van der Waals surface area contributed by atoms with E-state index >= 15 is 0 Å². The van der Waals surface area contributed by atoms with E-state index in [1.807, 2.05) is 0 Å². The van der Waals surface area contributed by atoms with Crippen LogP contribution >= 0.6 is 0 Å². The van der Waals surface area contributed by atoms with Crippen LogP contribution in [0.1, 0.15) is 49.6 Å². The summed E-state index contributed by atoms with van der Waals surface area (Å²) in [5.74, 6) is 1.76. The van der Waals surface area contributed by atoms with Crippen LogP contribution in [0.2, 0.25) is 0 Å². The number of hydrogen-bond acceptors (Lipinski definition) is 2. The molecule has 2 aromatic rings. The minimum atomic E-state index is 0.641. The van der Waals surface area contributed by atoms with Gasteiger partial charge in [-0.15, -0.1) is 0 Å². The molecule has 1 aromatic heterocycles. The van der Waals surface area contributed by atoms with Crippen LogP contribution < -0.4 is 5.32 Å². The van der Waals surface area contributed by atoms with Gasteiger partial charge in [0, 0.05) is 10.9 Å². The van der Waals surface area contributed by atoms with Crippen molar-refractivity contribution in [1.29, 1.82) is 0 Å². The molecular weight excluding hydrogens is 246 g/mol. The van der Waals surface area contributed by atoms with Crippen LogP contribution in [0, 0.1) is 19.8 Å². The Morgan fingerprint density at radius 3 is 2.60 bits per heavy atom. The van der Waals surface area contributed by atoms with Crippen molar-refractivity contribution in [1.82, 2.24) is 5.32 Å². The van der Waals surface area contributed by atoms with E-state index in [0.717, 1.165) is 37.3 Å². The quantitative estimate of drug-likeness (QED) is 0.768. The highest BCUT2D eigenvalue weighted by Gasteiger charge is 2.16. The standard InChI is InChI=1S/C18H27NO/c1-6-9-19-11-17-16(10-12(2)3)15-8-7-13(4)14(5)18(15)20-17/h7-8,12,19H,6,9-11H2,1-5H3. The van der Waals surface area contributed by atoms with E-state index in [4.69, 9.17) is 4.42 Å². The Balaban J connectivity index is 2.45. The average molecular weight is 273 g/mol. The van der Waals surface area contributed by atoms with E-state index < -0.39 is 0 Å². The lowest BCUT2D eigenvalue weighted by Crippen LogP contribution is -2.14. The van der Waals surface area contributed by atoms with E-state index in [1.165, 1.54) is 22.1 Å². The fourth-order valence-electron chi connectivity index (χ4n) is 2.65. The number of aryl methyl sites for hydroxylation is 2. The summed E-state index contributed by atoms with van der Waals surface area (Å²) in [6, 6.07) is 4.43. The first-order chi connectivity index (χ1) is 9.54. The number of nitrogens with one attached hydrogen (secondary N) is 1. The lowest BCUT2D eigenvalue weighted by atomic mass is 9.97. The molecule has 0 amide bonds. The Morgan fingerprint density at radius 1 is 1.20 bits per heavy atom. The summed E-state index contributed by atoms with van der Waals surface area (Å²) in [6.45, 7) is 12.9. The van der Waals surface area contributed by atoms with Gasteiger partial charge in [0.1, 0.15) is 11.3 Å². The van der Waals surface area contributed by atoms with Crippen molar-refractivity contribution < 1.29 is 4.42 Å². The summed E-state index contributed by atoms with van der Waals surface area (Å²) < 4.78 is 6.20. The minimum Gasteiger partial charge on any atom is -0.459 e. The van der Waals surface area contributed by atoms with E-state index in [0.29, 0.717) is 5.92 Å². The molecular formula is C18H27NO. The summed E-state index contributed by atoms with van der Waals surface area (Å²) in [5, 5.41) is 4.77. The second-order valence-electron chi connectivity index (χ2n) is 6.16. The smallest absolute Gasteiger partial charge is 0.137 e. The largest absolute Gasteiger partial charge is 0.459 e. The van der Waals surface area contributed by atoms with Crippen molar-refractivity contribution in [2.75, 3.05) is 6.54 Å².